The van der Waals surface area contributed by atoms with E-state index in [4.69, 9.17) is 9.73 Å². The Labute approximate surface area is 186 Å². The van der Waals surface area contributed by atoms with Gasteiger partial charge >= 0.3 is 0 Å². The molecule has 1 aliphatic carbocycles. The van der Waals surface area contributed by atoms with Gasteiger partial charge in [0.25, 0.3) is 0 Å². The third-order valence-corrected chi connectivity index (χ3v) is 5.49. The zero-order chi connectivity index (χ0) is 19.1. The van der Waals surface area contributed by atoms with Crippen LogP contribution in [0.3, 0.4) is 0 Å². The molecule has 1 aromatic rings. The second kappa shape index (κ2) is 11.8. The summed E-state index contributed by atoms with van der Waals surface area (Å²) >= 11 is 0. The first-order valence-corrected chi connectivity index (χ1v) is 10.5. The molecule has 2 fully saturated rings. The quantitative estimate of drug-likeness (QED) is 0.367. The highest BCUT2D eigenvalue weighted by Gasteiger charge is 2.19. The van der Waals surface area contributed by atoms with Gasteiger partial charge in [0.1, 0.15) is 5.82 Å². The first-order chi connectivity index (χ1) is 13.1. The van der Waals surface area contributed by atoms with Crippen LogP contribution < -0.4 is 15.5 Å². The molecule has 0 spiro atoms. The molecule has 0 amide bonds. The van der Waals surface area contributed by atoms with Crippen LogP contribution in [-0.4, -0.2) is 49.3 Å². The fourth-order valence-electron chi connectivity index (χ4n) is 3.81. The highest BCUT2D eigenvalue weighted by Crippen LogP contribution is 2.23. The number of anilines is 1. The number of hydrogen-bond donors (Lipinski definition) is 2. The van der Waals surface area contributed by atoms with Gasteiger partial charge in [0.15, 0.2) is 5.96 Å². The first kappa shape index (κ1) is 23.2. The zero-order valence-corrected chi connectivity index (χ0v) is 19.8. The Morgan fingerprint density at radius 3 is 2.68 bits per heavy atom. The molecule has 2 N–H and O–H groups in total. The van der Waals surface area contributed by atoms with Crippen LogP contribution in [0.25, 0.3) is 0 Å². The largest absolute Gasteiger partial charge is 0.375 e. The molecule has 2 heterocycles. The molecule has 1 saturated carbocycles. The number of halogens is 1. The molecule has 28 heavy (non-hydrogen) atoms. The predicted molar refractivity (Wildman–Crippen MR) is 127 cm³/mol. The van der Waals surface area contributed by atoms with E-state index in [0.717, 1.165) is 49.5 Å². The van der Waals surface area contributed by atoms with Crippen molar-refractivity contribution in [2.45, 2.75) is 65.1 Å². The first-order valence-electron chi connectivity index (χ1n) is 10.5. The molecule has 1 unspecified atom stereocenters. The number of ether oxygens (including phenoxy) is 1. The van der Waals surface area contributed by atoms with Crippen molar-refractivity contribution in [1.29, 1.82) is 0 Å². The van der Waals surface area contributed by atoms with E-state index in [1.54, 1.807) is 0 Å². The summed E-state index contributed by atoms with van der Waals surface area (Å²) in [5.41, 5.74) is 1.13. The topological polar surface area (TPSA) is 61.8 Å². The fourth-order valence-corrected chi connectivity index (χ4v) is 3.81. The van der Waals surface area contributed by atoms with Gasteiger partial charge < -0.3 is 20.3 Å². The number of nitrogens with zero attached hydrogens (tertiary/aromatic N) is 3. The molecule has 3 rings (SSSR count). The molecule has 1 aliphatic heterocycles. The summed E-state index contributed by atoms with van der Waals surface area (Å²) in [4.78, 5) is 11.7. The van der Waals surface area contributed by atoms with Crippen LogP contribution in [0, 0.1) is 5.92 Å². The van der Waals surface area contributed by atoms with Crippen LogP contribution >= 0.6 is 24.0 Å². The Balaban J connectivity index is 0.00000280. The summed E-state index contributed by atoms with van der Waals surface area (Å²) in [5.74, 6) is 2.81. The Morgan fingerprint density at radius 1 is 1.25 bits per heavy atom. The van der Waals surface area contributed by atoms with E-state index < -0.39 is 0 Å². The predicted octanol–water partition coefficient (Wildman–Crippen LogP) is 3.56. The Kier molecular flexibility index (Phi) is 9.77. The molecule has 1 aromatic heterocycles. The summed E-state index contributed by atoms with van der Waals surface area (Å²) in [5, 5.41) is 6.99. The van der Waals surface area contributed by atoms with E-state index in [1.807, 2.05) is 6.20 Å². The third kappa shape index (κ3) is 7.06. The lowest BCUT2D eigenvalue weighted by molar-refractivity contribution is 0.0529. The second-order valence-corrected chi connectivity index (χ2v) is 7.95. The molecule has 1 saturated heterocycles. The molecule has 2 aliphatic rings. The third-order valence-electron chi connectivity index (χ3n) is 5.49. The normalized spacial score (nSPS) is 25.8. The van der Waals surface area contributed by atoms with Gasteiger partial charge in [0.05, 0.1) is 19.3 Å². The van der Waals surface area contributed by atoms with Crippen LogP contribution in [0.4, 0.5) is 5.82 Å². The van der Waals surface area contributed by atoms with E-state index in [2.05, 4.69) is 53.4 Å². The lowest BCUT2D eigenvalue weighted by Crippen LogP contribution is -2.44. The van der Waals surface area contributed by atoms with Gasteiger partial charge in [-0.25, -0.2) is 9.98 Å². The second-order valence-electron chi connectivity index (χ2n) is 7.95. The minimum Gasteiger partial charge on any atom is -0.375 e. The van der Waals surface area contributed by atoms with Gasteiger partial charge in [0, 0.05) is 31.9 Å². The lowest BCUT2D eigenvalue weighted by Gasteiger charge is -2.32. The number of aliphatic imine (C=N–C) groups is 1. The van der Waals surface area contributed by atoms with Crippen LogP contribution in [0.15, 0.2) is 23.3 Å². The van der Waals surface area contributed by atoms with Gasteiger partial charge in [-0.15, -0.1) is 24.0 Å². The van der Waals surface area contributed by atoms with Crippen molar-refractivity contribution in [3.05, 3.63) is 23.9 Å². The smallest absolute Gasteiger partial charge is 0.191 e. The number of aromatic nitrogens is 1. The van der Waals surface area contributed by atoms with Gasteiger partial charge in [-0.05, 0) is 57.1 Å². The number of rotatable bonds is 5. The maximum absolute atomic E-state index is 5.61. The van der Waals surface area contributed by atoms with Crippen molar-refractivity contribution in [1.82, 2.24) is 15.6 Å². The van der Waals surface area contributed by atoms with Crippen molar-refractivity contribution in [2.75, 3.05) is 31.1 Å². The molecule has 1 atom stereocenters. The minimum atomic E-state index is 0. The SMILES string of the molecule is CCNC(=NCc1ccc(N2CCOC(C)C2)nc1)NC1CCC(C)CC1.I. The monoisotopic (exact) mass is 501 g/mol. The van der Waals surface area contributed by atoms with Crippen molar-refractivity contribution >= 4 is 35.8 Å². The van der Waals surface area contributed by atoms with Gasteiger partial charge in [-0.1, -0.05) is 13.0 Å². The Morgan fingerprint density at radius 2 is 2.04 bits per heavy atom. The Hall–Kier alpha value is -1.09. The summed E-state index contributed by atoms with van der Waals surface area (Å²) < 4.78 is 5.61. The number of morpholine rings is 1. The van der Waals surface area contributed by atoms with Crippen LogP contribution in [-0.2, 0) is 11.3 Å². The van der Waals surface area contributed by atoms with Gasteiger partial charge in [0.2, 0.25) is 0 Å². The van der Waals surface area contributed by atoms with Crippen molar-refractivity contribution < 1.29 is 4.74 Å². The highest BCUT2D eigenvalue weighted by molar-refractivity contribution is 14.0. The van der Waals surface area contributed by atoms with Crippen LogP contribution in [0.1, 0.15) is 52.0 Å². The molecule has 0 bridgehead atoms. The standard InChI is InChI=1S/C21H35N5O.HI/c1-4-22-21(25-19-8-5-16(2)6-9-19)24-14-18-7-10-20(23-13-18)26-11-12-27-17(3)15-26;/h7,10,13,16-17,19H,4-6,8-9,11-12,14-15H2,1-3H3,(H2,22,24,25);1H. The van der Waals surface area contributed by atoms with Crippen LogP contribution in [0.2, 0.25) is 0 Å². The zero-order valence-electron chi connectivity index (χ0n) is 17.5. The van der Waals surface area contributed by atoms with E-state index >= 15 is 0 Å². The molecule has 0 radical (unpaired) electrons. The maximum Gasteiger partial charge on any atom is 0.191 e. The summed E-state index contributed by atoms with van der Waals surface area (Å²) in [6.07, 6.45) is 7.30. The Bertz CT molecular complexity index is 601. The number of guanidine groups is 1. The van der Waals surface area contributed by atoms with Crippen molar-refractivity contribution in [3.63, 3.8) is 0 Å². The fraction of sp³-hybridized carbons (Fsp3) is 0.714. The maximum atomic E-state index is 5.61. The van der Waals surface area contributed by atoms with Crippen molar-refractivity contribution in [3.8, 4) is 0 Å². The van der Waals surface area contributed by atoms with E-state index in [0.29, 0.717) is 12.6 Å². The van der Waals surface area contributed by atoms with E-state index in [-0.39, 0.29) is 30.1 Å². The number of pyridine rings is 1. The van der Waals surface area contributed by atoms with E-state index in [1.165, 1.54) is 25.7 Å². The molecule has 7 heteroatoms. The van der Waals surface area contributed by atoms with E-state index in [9.17, 15) is 0 Å². The summed E-state index contributed by atoms with van der Waals surface area (Å²) in [7, 11) is 0. The summed E-state index contributed by atoms with van der Waals surface area (Å²) in [6.45, 7) is 10.7. The lowest BCUT2D eigenvalue weighted by atomic mass is 9.87. The minimum absolute atomic E-state index is 0. The average molecular weight is 501 g/mol. The molecule has 0 aromatic carbocycles. The summed E-state index contributed by atoms with van der Waals surface area (Å²) in [6, 6.07) is 4.78. The molecule has 158 valence electrons. The number of hydrogen-bond acceptors (Lipinski definition) is 4. The number of nitrogens with one attached hydrogen (secondary N) is 2. The van der Waals surface area contributed by atoms with Gasteiger partial charge in [-0.3, -0.25) is 0 Å². The average Bonchev–Trinajstić information content (AvgIpc) is 2.68. The molecular weight excluding hydrogens is 465 g/mol. The van der Waals surface area contributed by atoms with Crippen LogP contribution in [0.5, 0.6) is 0 Å². The highest BCUT2D eigenvalue weighted by atomic mass is 127. The molecule has 6 nitrogen and oxygen atoms in total. The molecular formula is C21H36IN5O. The van der Waals surface area contributed by atoms with Gasteiger partial charge in [-0.2, -0.15) is 0 Å². The van der Waals surface area contributed by atoms with Crippen molar-refractivity contribution in [2.24, 2.45) is 10.9 Å².